The minimum Gasteiger partial charge on any atom is -0.294 e. The smallest absolute Gasteiger partial charge is 0.186 e. The molecule has 0 fully saturated rings. The second kappa shape index (κ2) is 8.17. The number of rotatable bonds is 6. The Bertz CT molecular complexity index is 927. The first-order valence-electron chi connectivity index (χ1n) is 8.27. The van der Waals surface area contributed by atoms with Gasteiger partial charge < -0.3 is 0 Å². The molecule has 2 nitrogen and oxygen atoms in total. The standard InChI is InChI=1S/C23H17FO2/c24-21-13-11-19(12-14-21)23(26)16-20(17-7-3-1-4-8-17)15-22(25)18-9-5-2-6-10-18/h1-14,16H,15H2. The molecular weight excluding hydrogens is 327 g/mol. The number of benzene rings is 3. The fourth-order valence-electron chi connectivity index (χ4n) is 2.64. The average Bonchev–Trinajstić information content (AvgIpc) is 2.69. The lowest BCUT2D eigenvalue weighted by Crippen LogP contribution is -2.03. The number of carbonyl (C=O) groups is 2. The molecule has 3 aromatic carbocycles. The van der Waals surface area contributed by atoms with E-state index in [1.807, 2.05) is 48.5 Å². The van der Waals surface area contributed by atoms with Crippen LogP contribution in [0.15, 0.2) is 91.0 Å². The Balaban J connectivity index is 1.92. The van der Waals surface area contributed by atoms with E-state index in [9.17, 15) is 14.0 Å². The Labute approximate surface area is 151 Å². The molecule has 0 aliphatic rings. The van der Waals surface area contributed by atoms with E-state index in [-0.39, 0.29) is 18.0 Å². The maximum Gasteiger partial charge on any atom is 0.186 e. The van der Waals surface area contributed by atoms with Crippen molar-refractivity contribution in [3.63, 3.8) is 0 Å². The fraction of sp³-hybridized carbons (Fsp3) is 0.0435. The molecule has 0 atom stereocenters. The molecule has 0 aromatic heterocycles. The summed E-state index contributed by atoms with van der Waals surface area (Å²) >= 11 is 0. The second-order valence-electron chi connectivity index (χ2n) is 5.87. The van der Waals surface area contributed by atoms with E-state index in [2.05, 4.69) is 0 Å². The molecule has 0 radical (unpaired) electrons. The van der Waals surface area contributed by atoms with Crippen molar-refractivity contribution in [3.05, 3.63) is 114 Å². The normalized spacial score (nSPS) is 11.2. The molecule has 3 rings (SSSR count). The van der Waals surface area contributed by atoms with Crippen LogP contribution in [0.1, 0.15) is 32.7 Å². The summed E-state index contributed by atoms with van der Waals surface area (Å²) in [5.74, 6) is -0.717. The van der Waals surface area contributed by atoms with Crippen molar-refractivity contribution in [3.8, 4) is 0 Å². The Morgan fingerprint density at radius 1 is 0.692 bits per heavy atom. The van der Waals surface area contributed by atoms with E-state index < -0.39 is 5.82 Å². The zero-order valence-corrected chi connectivity index (χ0v) is 14.1. The van der Waals surface area contributed by atoms with E-state index in [1.165, 1.54) is 30.3 Å². The Kier molecular flexibility index (Phi) is 5.49. The van der Waals surface area contributed by atoms with Crippen LogP contribution in [0.2, 0.25) is 0 Å². The lowest BCUT2D eigenvalue weighted by Gasteiger charge is -2.08. The summed E-state index contributed by atoms with van der Waals surface area (Å²) in [5.41, 5.74) is 2.43. The number of halogens is 1. The molecule has 3 heteroatoms. The van der Waals surface area contributed by atoms with Gasteiger partial charge in [0.05, 0.1) is 0 Å². The molecule has 0 aliphatic heterocycles. The second-order valence-corrected chi connectivity index (χ2v) is 5.87. The van der Waals surface area contributed by atoms with Gasteiger partial charge in [-0.1, -0.05) is 60.7 Å². The van der Waals surface area contributed by atoms with Crippen LogP contribution in [-0.2, 0) is 0 Å². The van der Waals surface area contributed by atoms with Crippen molar-refractivity contribution < 1.29 is 14.0 Å². The zero-order chi connectivity index (χ0) is 18.4. The topological polar surface area (TPSA) is 34.1 Å². The molecule has 26 heavy (non-hydrogen) atoms. The van der Waals surface area contributed by atoms with Crippen LogP contribution in [0.4, 0.5) is 4.39 Å². The molecule has 0 saturated heterocycles. The molecule has 0 heterocycles. The fourth-order valence-corrected chi connectivity index (χ4v) is 2.64. The van der Waals surface area contributed by atoms with E-state index in [1.54, 1.807) is 12.1 Å². The first-order valence-corrected chi connectivity index (χ1v) is 8.27. The summed E-state index contributed by atoms with van der Waals surface area (Å²) in [4.78, 5) is 25.1. The molecule has 0 amide bonds. The predicted molar refractivity (Wildman–Crippen MR) is 101 cm³/mol. The molecule has 0 aliphatic carbocycles. The highest BCUT2D eigenvalue weighted by Gasteiger charge is 2.13. The van der Waals surface area contributed by atoms with Gasteiger partial charge in [0.1, 0.15) is 5.82 Å². The average molecular weight is 344 g/mol. The van der Waals surface area contributed by atoms with E-state index in [0.29, 0.717) is 16.7 Å². The van der Waals surface area contributed by atoms with E-state index in [0.717, 1.165) is 5.56 Å². The molecule has 3 aromatic rings. The van der Waals surface area contributed by atoms with Crippen LogP contribution in [0, 0.1) is 5.82 Å². The first kappa shape index (κ1) is 17.5. The van der Waals surface area contributed by atoms with Crippen LogP contribution in [0.5, 0.6) is 0 Å². The Hall–Kier alpha value is -3.33. The van der Waals surface area contributed by atoms with Gasteiger partial charge in [0.15, 0.2) is 11.6 Å². The van der Waals surface area contributed by atoms with Gasteiger partial charge in [-0.05, 0) is 41.5 Å². The maximum absolute atomic E-state index is 13.1. The lowest BCUT2D eigenvalue weighted by atomic mass is 9.95. The van der Waals surface area contributed by atoms with Crippen LogP contribution in [-0.4, -0.2) is 11.6 Å². The lowest BCUT2D eigenvalue weighted by molar-refractivity contribution is 0.0998. The van der Waals surface area contributed by atoms with Gasteiger partial charge in [-0.2, -0.15) is 0 Å². The SMILES string of the molecule is O=C(C=C(CC(=O)c1ccccc1)c1ccccc1)c1ccc(F)cc1. The third-order valence-electron chi connectivity index (χ3n) is 4.03. The van der Waals surface area contributed by atoms with Crippen molar-refractivity contribution in [1.29, 1.82) is 0 Å². The van der Waals surface area contributed by atoms with Crippen molar-refractivity contribution in [2.24, 2.45) is 0 Å². The Morgan fingerprint density at radius 3 is 1.81 bits per heavy atom. The number of allylic oxidation sites excluding steroid dienone is 2. The molecule has 0 N–H and O–H groups in total. The molecular formula is C23H17FO2. The van der Waals surface area contributed by atoms with Crippen molar-refractivity contribution >= 4 is 17.1 Å². The number of carbonyl (C=O) groups excluding carboxylic acids is 2. The van der Waals surface area contributed by atoms with Gasteiger partial charge in [-0.3, -0.25) is 9.59 Å². The minimum absolute atomic E-state index is 0.0624. The van der Waals surface area contributed by atoms with Gasteiger partial charge in [0.2, 0.25) is 0 Å². The van der Waals surface area contributed by atoms with Crippen LogP contribution in [0.3, 0.4) is 0 Å². The largest absolute Gasteiger partial charge is 0.294 e. The quantitative estimate of drug-likeness (QED) is 0.445. The van der Waals surface area contributed by atoms with Gasteiger partial charge in [0.25, 0.3) is 0 Å². The summed E-state index contributed by atoms with van der Waals surface area (Å²) in [7, 11) is 0. The molecule has 0 saturated carbocycles. The summed E-state index contributed by atoms with van der Waals surface area (Å²) in [5, 5.41) is 0. The van der Waals surface area contributed by atoms with Gasteiger partial charge >= 0.3 is 0 Å². The van der Waals surface area contributed by atoms with Crippen molar-refractivity contribution in [2.75, 3.05) is 0 Å². The number of Topliss-reactive ketones (excluding diaryl/α,β-unsaturated/α-hetero) is 1. The number of hydrogen-bond donors (Lipinski definition) is 0. The first-order chi connectivity index (χ1) is 12.6. The van der Waals surface area contributed by atoms with Crippen molar-refractivity contribution in [2.45, 2.75) is 6.42 Å². The summed E-state index contributed by atoms with van der Waals surface area (Å²) < 4.78 is 13.1. The zero-order valence-electron chi connectivity index (χ0n) is 14.1. The predicted octanol–water partition coefficient (Wildman–Crippen LogP) is 5.37. The highest BCUT2D eigenvalue weighted by molar-refractivity contribution is 6.11. The van der Waals surface area contributed by atoms with Crippen LogP contribution in [0.25, 0.3) is 5.57 Å². The van der Waals surface area contributed by atoms with E-state index >= 15 is 0 Å². The van der Waals surface area contributed by atoms with Gasteiger partial charge in [-0.25, -0.2) is 4.39 Å². The molecule has 0 spiro atoms. The highest BCUT2D eigenvalue weighted by Crippen LogP contribution is 2.22. The minimum atomic E-state index is -0.395. The Morgan fingerprint density at radius 2 is 1.23 bits per heavy atom. The van der Waals surface area contributed by atoms with E-state index in [4.69, 9.17) is 0 Å². The summed E-state index contributed by atoms with van der Waals surface area (Å²) in [6.45, 7) is 0. The summed E-state index contributed by atoms with van der Waals surface area (Å²) in [6, 6.07) is 23.7. The van der Waals surface area contributed by atoms with Gasteiger partial charge in [0, 0.05) is 17.5 Å². The van der Waals surface area contributed by atoms with Crippen LogP contribution < -0.4 is 0 Å². The van der Waals surface area contributed by atoms with Crippen molar-refractivity contribution in [1.82, 2.24) is 0 Å². The van der Waals surface area contributed by atoms with Gasteiger partial charge in [-0.15, -0.1) is 0 Å². The number of ketones is 2. The highest BCUT2D eigenvalue weighted by atomic mass is 19.1. The molecule has 0 unspecified atom stereocenters. The third-order valence-corrected chi connectivity index (χ3v) is 4.03. The van der Waals surface area contributed by atoms with Crippen LogP contribution >= 0.6 is 0 Å². The monoisotopic (exact) mass is 344 g/mol. The molecule has 128 valence electrons. The molecule has 0 bridgehead atoms. The number of hydrogen-bond acceptors (Lipinski definition) is 2. The third kappa shape index (κ3) is 4.39. The maximum atomic E-state index is 13.1. The summed E-state index contributed by atoms with van der Waals surface area (Å²) in [6.07, 6.45) is 1.57.